The molecule has 15 heteroatoms. The lowest BCUT2D eigenvalue weighted by atomic mass is 10.3. The fourth-order valence-electron chi connectivity index (χ4n) is 1.61. The summed E-state index contributed by atoms with van der Waals surface area (Å²) in [6, 6.07) is 3.94. The fraction of sp³-hybridized carbons (Fsp3) is 0.286. The summed E-state index contributed by atoms with van der Waals surface area (Å²) in [5, 5.41) is 4.54. The highest BCUT2D eigenvalue weighted by atomic mass is 127. The van der Waals surface area contributed by atoms with E-state index in [9.17, 15) is 26.7 Å². The van der Waals surface area contributed by atoms with Gasteiger partial charge >= 0.3 is 28.2 Å². The van der Waals surface area contributed by atoms with E-state index >= 15 is 0 Å². The fourth-order valence-corrected chi connectivity index (χ4v) is 2.03. The van der Waals surface area contributed by atoms with Crippen molar-refractivity contribution in [2.45, 2.75) is 10.1 Å². The Bertz CT molecular complexity index is 815. The largest absolute Gasteiger partial charge is 0.456 e. The van der Waals surface area contributed by atoms with Crippen LogP contribution in [0.5, 0.6) is 12.0 Å². The Morgan fingerprint density at radius 2 is 1.52 bits per heavy atom. The van der Waals surface area contributed by atoms with Crippen molar-refractivity contribution in [2.75, 3.05) is 23.8 Å². The number of urea groups is 1. The third-order valence-electron chi connectivity index (χ3n) is 2.65. The van der Waals surface area contributed by atoms with Crippen LogP contribution in [0.2, 0.25) is 0 Å². The molecular formula is C14H10BrF5IN5O3. The van der Waals surface area contributed by atoms with E-state index in [0.29, 0.717) is 5.69 Å². The minimum absolute atomic E-state index is 0.384. The number of benzene rings is 1. The van der Waals surface area contributed by atoms with Gasteiger partial charge in [0.15, 0.2) is 13.2 Å². The maximum Gasteiger partial charge on any atom is 0.422 e. The van der Waals surface area contributed by atoms with E-state index in [-0.39, 0.29) is 0 Å². The number of hydrogen-bond acceptors (Lipinski definition) is 6. The first-order valence-corrected chi connectivity index (χ1v) is 9.25. The summed E-state index contributed by atoms with van der Waals surface area (Å²) in [6.45, 7) is -2.91. The summed E-state index contributed by atoms with van der Waals surface area (Å²) in [5.74, 6) is -0.571. The number of alkyl halides is 6. The molecule has 0 aliphatic carbocycles. The molecule has 0 aliphatic rings. The first-order valence-electron chi connectivity index (χ1n) is 7.38. The van der Waals surface area contributed by atoms with Crippen LogP contribution in [0.25, 0.3) is 0 Å². The van der Waals surface area contributed by atoms with Gasteiger partial charge < -0.3 is 14.8 Å². The lowest BCUT2D eigenvalue weighted by Gasteiger charge is -2.12. The Hall–Kier alpha value is -2.04. The quantitative estimate of drug-likeness (QED) is 0.275. The lowest BCUT2D eigenvalue weighted by Crippen LogP contribution is -2.24. The number of halogens is 7. The number of ether oxygens (including phenoxy) is 2. The van der Waals surface area contributed by atoms with Gasteiger partial charge in [0.2, 0.25) is 5.95 Å². The van der Waals surface area contributed by atoms with Crippen LogP contribution in [0, 0.1) is 0 Å². The number of nitrogens with one attached hydrogen (secondary N) is 2. The summed E-state index contributed by atoms with van der Waals surface area (Å²) in [5.41, 5.74) is 0.384. The van der Waals surface area contributed by atoms with Crippen LogP contribution < -0.4 is 20.1 Å². The lowest BCUT2D eigenvalue weighted by molar-refractivity contribution is -0.154. The SMILES string of the molecule is O=C(Nc1ccc(Br)cc1)Nc1nc(OCC(F)(F)F)nc(OCC(F)(F)I)n1. The summed E-state index contributed by atoms with van der Waals surface area (Å²) >= 11 is 4.01. The van der Waals surface area contributed by atoms with Crippen molar-refractivity contribution in [1.29, 1.82) is 0 Å². The van der Waals surface area contributed by atoms with Crippen molar-refractivity contribution < 1.29 is 36.2 Å². The Morgan fingerprint density at radius 1 is 0.966 bits per heavy atom. The molecule has 29 heavy (non-hydrogen) atoms. The smallest absolute Gasteiger partial charge is 0.422 e. The van der Waals surface area contributed by atoms with E-state index in [0.717, 1.165) is 27.1 Å². The first kappa shape index (κ1) is 23.2. The first-order chi connectivity index (χ1) is 13.4. The molecule has 0 spiro atoms. The van der Waals surface area contributed by atoms with Gasteiger partial charge in [-0.1, -0.05) is 15.9 Å². The molecule has 1 heterocycles. The molecule has 0 unspecified atom stereocenters. The number of carbonyl (C=O) groups is 1. The van der Waals surface area contributed by atoms with Gasteiger partial charge in [-0.3, -0.25) is 5.32 Å². The van der Waals surface area contributed by atoms with E-state index in [4.69, 9.17) is 0 Å². The molecule has 1 aromatic carbocycles. The van der Waals surface area contributed by atoms with Crippen molar-refractivity contribution in [1.82, 2.24) is 15.0 Å². The molecule has 2 aromatic rings. The second-order valence-electron chi connectivity index (χ2n) is 5.12. The second kappa shape index (κ2) is 9.64. The third kappa shape index (κ3) is 9.33. The standard InChI is InChI=1S/C14H10BrF5IN5O3/c15-7-1-3-8(4-2-7)22-10(27)23-9-24-11(28-5-13(16,17)18)26-12(25-9)29-6-14(19,20)21/h1-4H,5-6H2,(H2,22,23,24,25,26,27). The molecule has 158 valence electrons. The van der Waals surface area contributed by atoms with Gasteiger partial charge in [0, 0.05) is 32.8 Å². The Kier molecular flexibility index (Phi) is 7.73. The zero-order chi connectivity index (χ0) is 21.7. The van der Waals surface area contributed by atoms with Crippen LogP contribution in [-0.2, 0) is 0 Å². The number of amides is 2. The van der Waals surface area contributed by atoms with Crippen LogP contribution in [0.4, 0.5) is 38.4 Å². The van der Waals surface area contributed by atoms with Gasteiger partial charge in [0.25, 0.3) is 0 Å². The molecule has 0 atom stereocenters. The van der Waals surface area contributed by atoms with Crippen LogP contribution in [0.1, 0.15) is 0 Å². The minimum atomic E-state index is -4.70. The average Bonchev–Trinajstić information content (AvgIpc) is 2.59. The minimum Gasteiger partial charge on any atom is -0.456 e. The predicted octanol–water partition coefficient (Wildman–Crippen LogP) is 4.63. The van der Waals surface area contributed by atoms with Gasteiger partial charge in [-0.15, -0.1) is 4.98 Å². The Balaban J connectivity index is 2.14. The predicted molar refractivity (Wildman–Crippen MR) is 103 cm³/mol. The highest BCUT2D eigenvalue weighted by Gasteiger charge is 2.30. The molecule has 0 bridgehead atoms. The number of hydrogen-bond donors (Lipinski definition) is 2. The molecule has 0 fully saturated rings. The van der Waals surface area contributed by atoms with E-state index in [1.807, 2.05) is 0 Å². The van der Waals surface area contributed by atoms with Crippen molar-refractivity contribution in [2.24, 2.45) is 0 Å². The van der Waals surface area contributed by atoms with Crippen molar-refractivity contribution in [3.8, 4) is 12.0 Å². The van der Waals surface area contributed by atoms with Crippen molar-refractivity contribution >= 4 is 56.2 Å². The van der Waals surface area contributed by atoms with Gasteiger partial charge in [0.1, 0.15) is 0 Å². The van der Waals surface area contributed by atoms with Gasteiger partial charge in [0.05, 0.1) is 0 Å². The highest BCUT2D eigenvalue weighted by Crippen LogP contribution is 2.24. The highest BCUT2D eigenvalue weighted by molar-refractivity contribution is 14.1. The summed E-state index contributed by atoms with van der Waals surface area (Å²) in [4.78, 5) is 22.4. The normalized spacial score (nSPS) is 11.7. The van der Waals surface area contributed by atoms with Crippen molar-refractivity contribution in [3.63, 3.8) is 0 Å². The molecule has 0 radical (unpaired) electrons. The molecule has 2 N–H and O–H groups in total. The van der Waals surface area contributed by atoms with E-state index in [1.165, 1.54) is 0 Å². The number of anilines is 2. The number of aromatic nitrogens is 3. The molecule has 0 aliphatic heterocycles. The monoisotopic (exact) mass is 597 g/mol. The molecule has 0 saturated carbocycles. The molecule has 2 rings (SSSR count). The number of nitrogens with zero attached hydrogens (tertiary/aromatic N) is 3. The van der Waals surface area contributed by atoms with Crippen LogP contribution >= 0.6 is 38.5 Å². The Morgan fingerprint density at radius 3 is 2.03 bits per heavy atom. The summed E-state index contributed by atoms with van der Waals surface area (Å²) < 4.78 is 69.3. The number of carbonyl (C=O) groups excluding carboxylic acids is 1. The zero-order valence-electron chi connectivity index (χ0n) is 13.9. The zero-order valence-corrected chi connectivity index (χ0v) is 17.7. The van der Waals surface area contributed by atoms with Gasteiger partial charge in [-0.05, 0) is 24.3 Å². The van der Waals surface area contributed by atoms with Crippen LogP contribution in [0.15, 0.2) is 28.7 Å². The van der Waals surface area contributed by atoms with Gasteiger partial charge in [-0.25, -0.2) is 4.79 Å². The Labute approximate surface area is 181 Å². The van der Waals surface area contributed by atoms with Crippen LogP contribution in [0.3, 0.4) is 0 Å². The topological polar surface area (TPSA) is 98.3 Å². The second-order valence-corrected chi connectivity index (χ2v) is 7.61. The maximum absolute atomic E-state index is 12.9. The summed E-state index contributed by atoms with van der Waals surface area (Å²) in [6.07, 6.45) is -4.70. The van der Waals surface area contributed by atoms with E-state index in [1.54, 1.807) is 24.3 Å². The molecule has 8 nitrogen and oxygen atoms in total. The maximum atomic E-state index is 12.9. The van der Waals surface area contributed by atoms with E-state index < -0.39 is 47.3 Å². The van der Waals surface area contributed by atoms with E-state index in [2.05, 4.69) is 51.0 Å². The molecular weight excluding hydrogens is 588 g/mol. The average molecular weight is 598 g/mol. The van der Waals surface area contributed by atoms with Crippen molar-refractivity contribution in [3.05, 3.63) is 28.7 Å². The molecule has 1 aromatic heterocycles. The van der Waals surface area contributed by atoms with Gasteiger partial charge in [-0.2, -0.15) is 31.9 Å². The molecule has 0 saturated heterocycles. The number of rotatable bonds is 7. The van der Waals surface area contributed by atoms with Crippen LogP contribution in [-0.4, -0.2) is 44.3 Å². The summed E-state index contributed by atoms with van der Waals surface area (Å²) in [7, 11) is 0. The molecule has 2 amide bonds. The third-order valence-corrected chi connectivity index (χ3v) is 3.49.